The molecule has 0 fully saturated rings. The Morgan fingerprint density at radius 2 is 1.49 bits per heavy atom. The number of carbonyl (C=O) groups is 2. The molecule has 1 aromatic heterocycles. The monoisotopic (exact) mass is 617 g/mol. The Labute approximate surface area is 247 Å². The molecular weight excluding hydrogens is 590 g/mol. The minimum absolute atomic E-state index is 0.0379. The maximum Gasteiger partial charge on any atom is 0.254 e. The standard InChI is InChI=1S/C29H28Cl2FN4O4S/c1-17(2)26(28(33)37)34-29(38)24-14-22(12-13-25(24)32)36(41(3,39)40)23-15-35(16-23)27(18-4-8-20(30)9-5-18)19-6-10-21(31)11-7-19/h4-17,26-27H,1-3H3,(H2,33,37)(H,34,38)/q-1/t26-/m0/s1. The average molecular weight is 619 g/mol. The number of sulfonamides is 1. The molecule has 3 N–H and O–H groups in total. The van der Waals surface area contributed by atoms with Crippen LogP contribution in [0.25, 0.3) is 0 Å². The van der Waals surface area contributed by atoms with Crippen LogP contribution in [0.1, 0.15) is 41.4 Å². The highest BCUT2D eigenvalue weighted by atomic mass is 35.5. The first-order valence-electron chi connectivity index (χ1n) is 12.5. The van der Waals surface area contributed by atoms with E-state index in [0.717, 1.165) is 33.8 Å². The van der Waals surface area contributed by atoms with Crippen molar-refractivity contribution >= 4 is 56.4 Å². The highest BCUT2D eigenvalue weighted by Gasteiger charge is 2.27. The van der Waals surface area contributed by atoms with Crippen molar-refractivity contribution in [2.75, 3.05) is 10.6 Å². The molecule has 12 heteroatoms. The third-order valence-electron chi connectivity index (χ3n) is 6.49. The van der Waals surface area contributed by atoms with Crippen molar-refractivity contribution in [2.24, 2.45) is 11.7 Å². The summed E-state index contributed by atoms with van der Waals surface area (Å²) in [6, 6.07) is 16.6. The van der Waals surface area contributed by atoms with Crippen LogP contribution >= 0.6 is 23.2 Å². The van der Waals surface area contributed by atoms with Gasteiger partial charge in [-0.1, -0.05) is 73.7 Å². The van der Waals surface area contributed by atoms with Gasteiger partial charge < -0.3 is 15.6 Å². The van der Waals surface area contributed by atoms with Gasteiger partial charge in [0.15, 0.2) is 0 Å². The molecule has 216 valence electrons. The lowest BCUT2D eigenvalue weighted by molar-refractivity contribution is -0.120. The van der Waals surface area contributed by atoms with Gasteiger partial charge in [-0.25, -0.2) is 12.8 Å². The highest BCUT2D eigenvalue weighted by Crippen LogP contribution is 2.37. The van der Waals surface area contributed by atoms with E-state index in [0.29, 0.717) is 10.0 Å². The van der Waals surface area contributed by atoms with Crippen LogP contribution in [0.3, 0.4) is 0 Å². The van der Waals surface area contributed by atoms with Crippen LogP contribution in [-0.4, -0.2) is 37.1 Å². The summed E-state index contributed by atoms with van der Waals surface area (Å²) in [5.74, 6) is -2.89. The molecule has 0 saturated heterocycles. The molecule has 1 atom stereocenters. The number of aromatic nitrogens is 1. The zero-order valence-electron chi connectivity index (χ0n) is 22.4. The Bertz CT molecular complexity index is 1610. The second kappa shape index (κ2) is 12.0. The second-order valence-electron chi connectivity index (χ2n) is 9.92. The van der Waals surface area contributed by atoms with Crippen molar-refractivity contribution in [1.29, 1.82) is 0 Å². The molecule has 0 saturated carbocycles. The summed E-state index contributed by atoms with van der Waals surface area (Å²) in [6.45, 7) is 3.36. The van der Waals surface area contributed by atoms with Crippen LogP contribution in [0.2, 0.25) is 10.0 Å². The number of rotatable bonds is 10. The summed E-state index contributed by atoms with van der Waals surface area (Å²) in [4.78, 5) is 24.6. The number of nitrogens with zero attached hydrogens (tertiary/aromatic N) is 2. The van der Waals surface area contributed by atoms with Crippen molar-refractivity contribution in [3.05, 3.63) is 112 Å². The lowest BCUT2D eigenvalue weighted by atomic mass is 9.98. The van der Waals surface area contributed by atoms with E-state index in [1.54, 1.807) is 50.5 Å². The van der Waals surface area contributed by atoms with E-state index < -0.39 is 39.3 Å². The minimum atomic E-state index is -3.93. The van der Waals surface area contributed by atoms with Crippen molar-refractivity contribution in [3.8, 4) is 0 Å². The van der Waals surface area contributed by atoms with E-state index in [9.17, 15) is 22.4 Å². The molecule has 1 heterocycles. The fourth-order valence-electron chi connectivity index (χ4n) is 4.51. The van der Waals surface area contributed by atoms with Crippen molar-refractivity contribution in [3.63, 3.8) is 0 Å². The third kappa shape index (κ3) is 6.78. The fraction of sp³-hybridized carbons (Fsp3) is 0.207. The first-order chi connectivity index (χ1) is 19.3. The summed E-state index contributed by atoms with van der Waals surface area (Å²) >= 11 is 12.2. The molecule has 8 nitrogen and oxygen atoms in total. The number of halogens is 3. The largest absolute Gasteiger partial charge is 0.445 e. The minimum Gasteiger partial charge on any atom is -0.445 e. The van der Waals surface area contributed by atoms with E-state index in [4.69, 9.17) is 28.9 Å². The third-order valence-corrected chi connectivity index (χ3v) is 8.08. The molecule has 0 radical (unpaired) electrons. The second-order valence-corrected chi connectivity index (χ2v) is 12.6. The quantitative estimate of drug-likeness (QED) is 0.224. The molecule has 41 heavy (non-hydrogen) atoms. The van der Waals surface area contributed by atoms with E-state index >= 15 is 0 Å². The Hall–Kier alpha value is -3.73. The topological polar surface area (TPSA) is 114 Å². The summed E-state index contributed by atoms with van der Waals surface area (Å²) in [5.41, 5.74) is 7.05. The molecule has 3 aromatic carbocycles. The van der Waals surface area contributed by atoms with Crippen LogP contribution in [-0.2, 0) is 14.8 Å². The summed E-state index contributed by atoms with van der Waals surface area (Å²) in [5, 5.41) is 3.57. The van der Waals surface area contributed by atoms with Crippen LogP contribution in [0.4, 0.5) is 15.8 Å². The summed E-state index contributed by atoms with van der Waals surface area (Å²) in [7, 11) is -3.93. The zero-order valence-corrected chi connectivity index (χ0v) is 24.7. The van der Waals surface area contributed by atoms with Crippen LogP contribution in [0, 0.1) is 11.7 Å². The smallest absolute Gasteiger partial charge is 0.254 e. The maximum atomic E-state index is 14.7. The predicted octanol–water partition coefficient (Wildman–Crippen LogP) is 5.63. The summed E-state index contributed by atoms with van der Waals surface area (Å²) < 4.78 is 43.5. The van der Waals surface area contributed by atoms with E-state index in [-0.39, 0.29) is 23.3 Å². The number of anilines is 2. The fourth-order valence-corrected chi connectivity index (χ4v) is 5.73. The van der Waals surface area contributed by atoms with Gasteiger partial charge in [-0.3, -0.25) is 13.9 Å². The number of hydrogen-bond donors (Lipinski definition) is 2. The number of benzene rings is 3. The van der Waals surface area contributed by atoms with Gasteiger partial charge in [-0.2, -0.15) is 0 Å². The highest BCUT2D eigenvalue weighted by molar-refractivity contribution is 7.92. The molecule has 0 aliphatic rings. The van der Waals surface area contributed by atoms with Gasteiger partial charge in [0.05, 0.1) is 23.5 Å². The van der Waals surface area contributed by atoms with Crippen LogP contribution in [0.5, 0.6) is 0 Å². The predicted molar refractivity (Wildman–Crippen MR) is 159 cm³/mol. The molecular formula is C29H28Cl2FN4O4S-. The average Bonchev–Trinajstić information content (AvgIpc) is 2.87. The Balaban J connectivity index is 1.72. The van der Waals surface area contributed by atoms with Crippen molar-refractivity contribution in [1.82, 2.24) is 9.88 Å². The number of nitrogens with two attached hydrogens (primary N) is 1. The molecule has 2 amide bonds. The first-order valence-corrected chi connectivity index (χ1v) is 15.1. The Kier molecular flexibility index (Phi) is 8.86. The molecule has 0 unspecified atom stereocenters. The van der Waals surface area contributed by atoms with Crippen LogP contribution < -0.4 is 15.4 Å². The zero-order chi connectivity index (χ0) is 30.1. The SMILES string of the molecule is CC(C)[C@H](NC(=O)c1cc(N(c2cn(C(c3ccc(Cl)cc3)c3ccc(Cl)cc3)[cH-]2)S(C)(=O)=O)ccc1F)C(N)=O. The lowest BCUT2D eigenvalue weighted by Crippen LogP contribution is -2.47. The van der Waals surface area contributed by atoms with Crippen LogP contribution in [0.15, 0.2) is 79.1 Å². The molecule has 4 aromatic rings. The molecule has 0 aliphatic carbocycles. The van der Waals surface area contributed by atoms with E-state index in [1.165, 1.54) is 6.07 Å². The molecule has 0 spiro atoms. The van der Waals surface area contributed by atoms with Gasteiger partial charge in [0, 0.05) is 10.0 Å². The number of primary amides is 1. The van der Waals surface area contributed by atoms with Gasteiger partial charge in [-0.05, 0) is 65.2 Å². The van der Waals surface area contributed by atoms with E-state index in [1.807, 2.05) is 28.8 Å². The molecule has 4 rings (SSSR count). The van der Waals surface area contributed by atoms with E-state index in [2.05, 4.69) is 5.32 Å². The lowest BCUT2D eigenvalue weighted by Gasteiger charge is -2.36. The Morgan fingerprint density at radius 3 is 1.93 bits per heavy atom. The number of amides is 2. The molecule has 0 aliphatic heterocycles. The number of nitrogens with one attached hydrogen (secondary N) is 1. The van der Waals surface area contributed by atoms with Gasteiger partial charge in [0.2, 0.25) is 15.9 Å². The van der Waals surface area contributed by atoms with Gasteiger partial charge >= 0.3 is 0 Å². The van der Waals surface area contributed by atoms with Gasteiger partial charge in [-0.15, -0.1) is 0 Å². The normalized spacial score (nSPS) is 12.5. The maximum absolute atomic E-state index is 14.7. The molecule has 0 bridgehead atoms. The van der Waals surface area contributed by atoms with Crippen molar-refractivity contribution in [2.45, 2.75) is 25.9 Å². The van der Waals surface area contributed by atoms with Gasteiger partial charge in [0.25, 0.3) is 5.91 Å². The first kappa shape index (κ1) is 30.2. The van der Waals surface area contributed by atoms with Gasteiger partial charge in [0.1, 0.15) is 11.9 Å². The Morgan fingerprint density at radius 1 is 0.976 bits per heavy atom. The number of carbonyl (C=O) groups excluding carboxylic acids is 2. The summed E-state index contributed by atoms with van der Waals surface area (Å²) in [6.07, 6.45) is 4.28. The van der Waals surface area contributed by atoms with Crippen molar-refractivity contribution < 1.29 is 22.4 Å². The number of hydrogen-bond acceptors (Lipinski definition) is 4.